The minimum absolute atomic E-state index is 0.194. The predicted molar refractivity (Wildman–Crippen MR) is 86.7 cm³/mol. The first-order valence-electron chi connectivity index (χ1n) is 7.72. The Labute approximate surface area is 131 Å². The molecule has 0 radical (unpaired) electrons. The lowest BCUT2D eigenvalue weighted by Gasteiger charge is -2.23. The monoisotopic (exact) mass is 295 g/mol. The minimum atomic E-state index is 0.194. The summed E-state index contributed by atoms with van der Waals surface area (Å²) < 4.78 is 5.23. The van der Waals surface area contributed by atoms with Gasteiger partial charge < -0.3 is 9.64 Å². The summed E-state index contributed by atoms with van der Waals surface area (Å²) >= 11 is 0. The Morgan fingerprint density at radius 1 is 1.09 bits per heavy atom. The highest BCUT2D eigenvalue weighted by Gasteiger charge is 2.32. The van der Waals surface area contributed by atoms with E-state index >= 15 is 0 Å². The number of nitrogens with zero attached hydrogens (tertiary/aromatic N) is 1. The maximum absolute atomic E-state index is 12.7. The maximum atomic E-state index is 12.7. The summed E-state index contributed by atoms with van der Waals surface area (Å²) in [5.74, 6) is 0.992. The van der Waals surface area contributed by atoms with Gasteiger partial charge in [0.05, 0.1) is 13.5 Å². The first kappa shape index (κ1) is 14.6. The van der Waals surface area contributed by atoms with Gasteiger partial charge >= 0.3 is 0 Å². The van der Waals surface area contributed by atoms with Crippen molar-refractivity contribution in [1.82, 2.24) is 4.90 Å². The largest absolute Gasteiger partial charge is 0.497 e. The number of hydrogen-bond donors (Lipinski definition) is 0. The Kier molecular flexibility index (Phi) is 4.42. The fourth-order valence-corrected chi connectivity index (χ4v) is 2.65. The van der Waals surface area contributed by atoms with E-state index in [0.29, 0.717) is 19.0 Å². The standard InChI is InChI=1S/C19H21NO2/c1-22-18-9-5-8-16(12-18)13-19(21)20(17-10-11-17)14-15-6-3-2-4-7-15/h2-9,12,17H,10-11,13-14H2,1H3. The molecule has 2 aromatic carbocycles. The lowest BCUT2D eigenvalue weighted by Crippen LogP contribution is -2.33. The number of hydrogen-bond acceptors (Lipinski definition) is 2. The van der Waals surface area contributed by atoms with E-state index in [9.17, 15) is 4.79 Å². The molecule has 3 nitrogen and oxygen atoms in total. The van der Waals surface area contributed by atoms with Crippen molar-refractivity contribution in [2.75, 3.05) is 7.11 Å². The molecule has 0 spiro atoms. The molecule has 0 saturated heterocycles. The molecule has 114 valence electrons. The number of ether oxygens (including phenoxy) is 1. The van der Waals surface area contributed by atoms with E-state index in [1.165, 1.54) is 5.56 Å². The molecule has 1 amide bonds. The van der Waals surface area contributed by atoms with Crippen LogP contribution in [0.2, 0.25) is 0 Å². The van der Waals surface area contributed by atoms with Crippen molar-refractivity contribution in [2.24, 2.45) is 0 Å². The van der Waals surface area contributed by atoms with Crippen molar-refractivity contribution in [3.05, 3.63) is 65.7 Å². The van der Waals surface area contributed by atoms with Gasteiger partial charge in [-0.2, -0.15) is 0 Å². The van der Waals surface area contributed by atoms with Crippen LogP contribution < -0.4 is 4.74 Å². The Bertz CT molecular complexity index is 635. The van der Waals surface area contributed by atoms with Gasteiger partial charge in [0, 0.05) is 12.6 Å². The fraction of sp³-hybridized carbons (Fsp3) is 0.316. The quantitative estimate of drug-likeness (QED) is 0.817. The van der Waals surface area contributed by atoms with Crippen LogP contribution in [-0.2, 0) is 17.8 Å². The summed E-state index contributed by atoms with van der Waals surface area (Å²) in [5, 5.41) is 0. The van der Waals surface area contributed by atoms with Gasteiger partial charge in [-0.3, -0.25) is 4.79 Å². The fourth-order valence-electron chi connectivity index (χ4n) is 2.65. The third-order valence-corrected chi connectivity index (χ3v) is 3.99. The highest BCUT2D eigenvalue weighted by Crippen LogP contribution is 2.29. The third kappa shape index (κ3) is 3.67. The van der Waals surface area contributed by atoms with Crippen LogP contribution in [0.4, 0.5) is 0 Å². The average molecular weight is 295 g/mol. The van der Waals surface area contributed by atoms with E-state index in [-0.39, 0.29) is 5.91 Å². The van der Waals surface area contributed by atoms with Gasteiger partial charge in [-0.15, -0.1) is 0 Å². The third-order valence-electron chi connectivity index (χ3n) is 3.99. The molecule has 0 aliphatic heterocycles. The first-order chi connectivity index (χ1) is 10.8. The summed E-state index contributed by atoms with van der Waals surface area (Å²) in [6, 6.07) is 18.4. The average Bonchev–Trinajstić information content (AvgIpc) is 3.38. The molecule has 3 heteroatoms. The summed E-state index contributed by atoms with van der Waals surface area (Å²) in [5.41, 5.74) is 2.19. The molecule has 0 heterocycles. The van der Waals surface area contributed by atoms with E-state index < -0.39 is 0 Å². The van der Waals surface area contributed by atoms with Gasteiger partial charge in [0.2, 0.25) is 5.91 Å². The van der Waals surface area contributed by atoms with E-state index in [1.54, 1.807) is 7.11 Å². The van der Waals surface area contributed by atoms with Crippen molar-refractivity contribution in [1.29, 1.82) is 0 Å². The number of carbonyl (C=O) groups excluding carboxylic acids is 1. The van der Waals surface area contributed by atoms with E-state index in [1.807, 2.05) is 47.4 Å². The molecule has 22 heavy (non-hydrogen) atoms. The zero-order valence-electron chi connectivity index (χ0n) is 12.9. The smallest absolute Gasteiger partial charge is 0.227 e. The number of methoxy groups -OCH3 is 1. The lowest BCUT2D eigenvalue weighted by atomic mass is 10.1. The van der Waals surface area contributed by atoms with Crippen LogP contribution in [0.15, 0.2) is 54.6 Å². The van der Waals surface area contributed by atoms with Crippen molar-refractivity contribution in [2.45, 2.75) is 31.8 Å². The van der Waals surface area contributed by atoms with Crippen LogP contribution in [0.3, 0.4) is 0 Å². The zero-order valence-corrected chi connectivity index (χ0v) is 12.9. The Morgan fingerprint density at radius 3 is 2.50 bits per heavy atom. The zero-order chi connectivity index (χ0) is 15.4. The topological polar surface area (TPSA) is 29.5 Å². The van der Waals surface area contributed by atoms with Crippen LogP contribution in [0, 0.1) is 0 Å². The SMILES string of the molecule is COc1cccc(CC(=O)N(Cc2ccccc2)C2CC2)c1. The second-order valence-electron chi connectivity index (χ2n) is 5.77. The highest BCUT2D eigenvalue weighted by molar-refractivity contribution is 5.79. The van der Waals surface area contributed by atoms with Gasteiger partial charge in [0.25, 0.3) is 0 Å². The molecule has 0 atom stereocenters. The molecule has 1 saturated carbocycles. The van der Waals surface area contributed by atoms with Crippen molar-refractivity contribution >= 4 is 5.91 Å². The van der Waals surface area contributed by atoms with Crippen LogP contribution >= 0.6 is 0 Å². The Balaban J connectivity index is 1.70. The molecule has 0 unspecified atom stereocenters. The predicted octanol–water partition coefficient (Wildman–Crippen LogP) is 3.43. The van der Waals surface area contributed by atoms with Crippen molar-refractivity contribution < 1.29 is 9.53 Å². The molecule has 1 aliphatic carbocycles. The maximum Gasteiger partial charge on any atom is 0.227 e. The van der Waals surface area contributed by atoms with E-state index in [0.717, 1.165) is 24.2 Å². The molecule has 3 rings (SSSR count). The summed E-state index contributed by atoms with van der Waals surface area (Å²) in [6.45, 7) is 0.703. The molecule has 1 aliphatic rings. The van der Waals surface area contributed by atoms with Crippen LogP contribution in [0.5, 0.6) is 5.75 Å². The van der Waals surface area contributed by atoms with E-state index in [4.69, 9.17) is 4.74 Å². The van der Waals surface area contributed by atoms with Gasteiger partial charge in [-0.05, 0) is 36.1 Å². The summed E-state index contributed by atoms with van der Waals surface area (Å²) in [7, 11) is 1.65. The molecule has 1 fully saturated rings. The molecule has 0 bridgehead atoms. The molecular formula is C19H21NO2. The lowest BCUT2D eigenvalue weighted by molar-refractivity contribution is -0.131. The summed E-state index contributed by atoms with van der Waals surface area (Å²) in [6.07, 6.45) is 2.67. The highest BCUT2D eigenvalue weighted by atomic mass is 16.5. The molecular weight excluding hydrogens is 274 g/mol. The van der Waals surface area contributed by atoms with Gasteiger partial charge in [0.15, 0.2) is 0 Å². The van der Waals surface area contributed by atoms with Crippen LogP contribution in [0.1, 0.15) is 24.0 Å². The Morgan fingerprint density at radius 2 is 1.82 bits per heavy atom. The molecule has 2 aromatic rings. The second kappa shape index (κ2) is 6.65. The second-order valence-corrected chi connectivity index (χ2v) is 5.77. The number of amides is 1. The van der Waals surface area contributed by atoms with E-state index in [2.05, 4.69) is 12.1 Å². The van der Waals surface area contributed by atoms with Gasteiger partial charge in [-0.1, -0.05) is 42.5 Å². The number of carbonyl (C=O) groups is 1. The number of benzene rings is 2. The van der Waals surface area contributed by atoms with Crippen molar-refractivity contribution in [3.63, 3.8) is 0 Å². The minimum Gasteiger partial charge on any atom is -0.497 e. The van der Waals surface area contributed by atoms with Crippen LogP contribution in [0.25, 0.3) is 0 Å². The molecule has 0 N–H and O–H groups in total. The van der Waals surface area contributed by atoms with Gasteiger partial charge in [0.1, 0.15) is 5.75 Å². The van der Waals surface area contributed by atoms with Crippen molar-refractivity contribution in [3.8, 4) is 5.75 Å². The molecule has 0 aromatic heterocycles. The normalized spacial score (nSPS) is 13.7. The van der Waals surface area contributed by atoms with Gasteiger partial charge in [-0.25, -0.2) is 0 Å². The first-order valence-corrected chi connectivity index (χ1v) is 7.72. The van der Waals surface area contributed by atoms with Crippen LogP contribution in [-0.4, -0.2) is 24.0 Å². The number of rotatable bonds is 6. The summed E-state index contributed by atoms with van der Waals surface area (Å²) in [4.78, 5) is 14.7. The Hall–Kier alpha value is -2.29.